The number of benzene rings is 1. The van der Waals surface area contributed by atoms with Crippen molar-refractivity contribution in [3.05, 3.63) is 24.3 Å². The van der Waals surface area contributed by atoms with Crippen LogP contribution in [0.4, 0.5) is 4.79 Å². The van der Waals surface area contributed by atoms with Gasteiger partial charge in [-0.2, -0.15) is 0 Å². The van der Waals surface area contributed by atoms with Crippen LogP contribution in [0.2, 0.25) is 0 Å². The number of rotatable bonds is 5. The van der Waals surface area contributed by atoms with E-state index >= 15 is 0 Å². The van der Waals surface area contributed by atoms with Gasteiger partial charge in [0.25, 0.3) is 0 Å². The molecule has 0 saturated carbocycles. The highest BCUT2D eigenvalue weighted by molar-refractivity contribution is 8.00. The van der Waals surface area contributed by atoms with Crippen LogP contribution in [-0.4, -0.2) is 30.8 Å². The fraction of sp³-hybridized carbons (Fsp3) is 0.385. The van der Waals surface area contributed by atoms with Gasteiger partial charge in [0.05, 0.1) is 11.9 Å². The van der Waals surface area contributed by atoms with Crippen LogP contribution in [0.3, 0.4) is 0 Å². The summed E-state index contributed by atoms with van der Waals surface area (Å²) in [4.78, 5) is 23.6. The van der Waals surface area contributed by atoms with Crippen molar-refractivity contribution >= 4 is 23.7 Å². The zero-order valence-electron chi connectivity index (χ0n) is 11.2. The Morgan fingerprint density at radius 2 is 1.95 bits per heavy atom. The van der Waals surface area contributed by atoms with E-state index in [0.29, 0.717) is 6.61 Å². The number of imide groups is 1. The van der Waals surface area contributed by atoms with Gasteiger partial charge in [0, 0.05) is 11.9 Å². The van der Waals surface area contributed by atoms with Gasteiger partial charge < -0.3 is 10.1 Å². The average molecular weight is 282 g/mol. The van der Waals surface area contributed by atoms with Crippen molar-refractivity contribution < 1.29 is 14.3 Å². The molecule has 104 valence electrons. The molecule has 0 spiro atoms. The van der Waals surface area contributed by atoms with Crippen LogP contribution < -0.4 is 15.4 Å². The van der Waals surface area contributed by atoms with Crippen molar-refractivity contribution in [2.45, 2.75) is 24.0 Å². The second-order valence-electron chi connectivity index (χ2n) is 3.73. The summed E-state index contributed by atoms with van der Waals surface area (Å²) in [5.74, 6) is 0.479. The molecular weight excluding hydrogens is 264 g/mol. The van der Waals surface area contributed by atoms with Crippen molar-refractivity contribution in [2.24, 2.45) is 0 Å². The lowest BCUT2D eigenvalue weighted by molar-refractivity contribution is -0.119. The third-order valence-corrected chi connectivity index (χ3v) is 3.39. The Kier molecular flexibility index (Phi) is 6.21. The Labute approximate surface area is 117 Å². The molecule has 1 unspecified atom stereocenters. The van der Waals surface area contributed by atoms with Crippen LogP contribution in [0, 0.1) is 0 Å². The Bertz CT molecular complexity index is 434. The third kappa shape index (κ3) is 5.21. The Balaban J connectivity index is 2.53. The van der Waals surface area contributed by atoms with E-state index in [1.165, 1.54) is 18.8 Å². The molecule has 2 N–H and O–H groups in total. The summed E-state index contributed by atoms with van der Waals surface area (Å²) >= 11 is 1.38. The second-order valence-corrected chi connectivity index (χ2v) is 5.15. The molecule has 0 heterocycles. The van der Waals surface area contributed by atoms with E-state index in [1.54, 1.807) is 6.92 Å². The normalized spacial score (nSPS) is 11.5. The number of nitrogens with one attached hydrogen (secondary N) is 2. The summed E-state index contributed by atoms with van der Waals surface area (Å²) in [5.41, 5.74) is 0. The lowest BCUT2D eigenvalue weighted by Crippen LogP contribution is -2.41. The van der Waals surface area contributed by atoms with Gasteiger partial charge in [-0.3, -0.25) is 10.1 Å². The molecule has 0 aliphatic heterocycles. The van der Waals surface area contributed by atoms with Crippen molar-refractivity contribution in [1.82, 2.24) is 10.6 Å². The minimum absolute atomic E-state index is 0.321. The maximum atomic E-state index is 11.7. The predicted molar refractivity (Wildman–Crippen MR) is 75.5 cm³/mol. The predicted octanol–water partition coefficient (Wildman–Crippen LogP) is 2.02. The van der Waals surface area contributed by atoms with Crippen LogP contribution in [-0.2, 0) is 4.79 Å². The number of ether oxygens (including phenoxy) is 1. The summed E-state index contributed by atoms with van der Waals surface area (Å²) in [6, 6.07) is 6.99. The highest BCUT2D eigenvalue weighted by Gasteiger charge is 2.16. The monoisotopic (exact) mass is 282 g/mol. The van der Waals surface area contributed by atoms with E-state index in [1.807, 2.05) is 31.2 Å². The summed E-state index contributed by atoms with van der Waals surface area (Å²) < 4.78 is 5.34. The Hall–Kier alpha value is -1.69. The van der Waals surface area contributed by atoms with Crippen molar-refractivity contribution in [2.75, 3.05) is 13.7 Å². The smallest absolute Gasteiger partial charge is 0.321 e. The van der Waals surface area contributed by atoms with Gasteiger partial charge in [-0.05, 0) is 38.1 Å². The molecule has 0 aromatic heterocycles. The van der Waals surface area contributed by atoms with Gasteiger partial charge in [0.1, 0.15) is 5.75 Å². The first-order valence-electron chi connectivity index (χ1n) is 5.99. The number of carbonyl (C=O) groups is 2. The molecule has 0 bridgehead atoms. The molecule has 0 fully saturated rings. The number of carbonyl (C=O) groups excluding carboxylic acids is 2. The zero-order valence-corrected chi connectivity index (χ0v) is 12.0. The van der Waals surface area contributed by atoms with Gasteiger partial charge >= 0.3 is 6.03 Å². The maximum Gasteiger partial charge on any atom is 0.321 e. The molecule has 3 amide bonds. The SMILES string of the molecule is CCOc1ccc(SC(C)C(=O)NC(=O)NC)cc1. The topological polar surface area (TPSA) is 67.4 Å². The third-order valence-electron chi connectivity index (χ3n) is 2.28. The van der Waals surface area contributed by atoms with E-state index in [9.17, 15) is 9.59 Å². The summed E-state index contributed by atoms with van der Waals surface area (Å²) in [6.45, 7) is 4.30. The van der Waals surface area contributed by atoms with Gasteiger partial charge in [-0.1, -0.05) is 0 Å². The van der Waals surface area contributed by atoms with Crippen LogP contribution >= 0.6 is 11.8 Å². The van der Waals surface area contributed by atoms with Crippen molar-refractivity contribution in [1.29, 1.82) is 0 Å². The molecule has 1 aromatic rings. The lowest BCUT2D eigenvalue weighted by Gasteiger charge is -2.11. The van der Waals surface area contributed by atoms with Gasteiger partial charge in [-0.15, -0.1) is 11.8 Å². The van der Waals surface area contributed by atoms with Crippen molar-refractivity contribution in [3.63, 3.8) is 0 Å². The molecule has 0 aliphatic rings. The first-order valence-corrected chi connectivity index (χ1v) is 6.87. The quantitative estimate of drug-likeness (QED) is 0.811. The number of thioether (sulfide) groups is 1. The standard InChI is InChI=1S/C13H18N2O3S/c1-4-18-10-5-7-11(8-6-10)19-9(2)12(16)15-13(17)14-3/h5-9H,4H2,1-3H3,(H2,14,15,16,17). The molecule has 0 saturated heterocycles. The lowest BCUT2D eigenvalue weighted by atomic mass is 10.3. The minimum atomic E-state index is -0.496. The van der Waals surface area contributed by atoms with E-state index < -0.39 is 6.03 Å². The molecule has 0 aliphatic carbocycles. The molecule has 1 rings (SSSR count). The van der Waals surface area contributed by atoms with E-state index in [4.69, 9.17) is 4.74 Å². The highest BCUT2D eigenvalue weighted by Crippen LogP contribution is 2.25. The van der Waals surface area contributed by atoms with Crippen LogP contribution in [0.15, 0.2) is 29.2 Å². The Morgan fingerprint density at radius 1 is 1.32 bits per heavy atom. The number of hydrogen-bond donors (Lipinski definition) is 2. The highest BCUT2D eigenvalue weighted by atomic mass is 32.2. The fourth-order valence-electron chi connectivity index (χ4n) is 1.31. The van der Waals surface area contributed by atoms with E-state index in [0.717, 1.165) is 10.6 Å². The van der Waals surface area contributed by atoms with Crippen molar-refractivity contribution in [3.8, 4) is 5.75 Å². The fourth-order valence-corrected chi connectivity index (χ4v) is 2.18. The molecular formula is C13H18N2O3S. The van der Waals surface area contributed by atoms with Crippen LogP contribution in [0.5, 0.6) is 5.75 Å². The number of hydrogen-bond acceptors (Lipinski definition) is 4. The first-order chi connectivity index (χ1) is 9.06. The van der Waals surface area contributed by atoms with Crippen LogP contribution in [0.25, 0.3) is 0 Å². The van der Waals surface area contributed by atoms with E-state index in [2.05, 4.69) is 10.6 Å². The average Bonchev–Trinajstić information content (AvgIpc) is 2.41. The van der Waals surface area contributed by atoms with Gasteiger partial charge in [-0.25, -0.2) is 4.79 Å². The van der Waals surface area contributed by atoms with Gasteiger partial charge in [0.15, 0.2) is 0 Å². The number of amides is 3. The maximum absolute atomic E-state index is 11.7. The zero-order chi connectivity index (χ0) is 14.3. The molecule has 1 aromatic carbocycles. The summed E-state index contributed by atoms with van der Waals surface area (Å²) in [6.07, 6.45) is 0. The molecule has 5 nitrogen and oxygen atoms in total. The molecule has 1 atom stereocenters. The summed E-state index contributed by atoms with van der Waals surface area (Å²) in [5, 5.41) is 4.23. The Morgan fingerprint density at radius 3 is 2.47 bits per heavy atom. The largest absolute Gasteiger partial charge is 0.494 e. The first kappa shape index (κ1) is 15.4. The summed E-state index contributed by atoms with van der Waals surface area (Å²) in [7, 11) is 1.47. The van der Waals surface area contributed by atoms with Gasteiger partial charge in [0.2, 0.25) is 5.91 Å². The molecule has 0 radical (unpaired) electrons. The number of urea groups is 1. The second kappa shape index (κ2) is 7.68. The van der Waals surface area contributed by atoms with E-state index in [-0.39, 0.29) is 11.2 Å². The van der Waals surface area contributed by atoms with Crippen LogP contribution in [0.1, 0.15) is 13.8 Å². The molecule has 6 heteroatoms. The molecule has 19 heavy (non-hydrogen) atoms. The minimum Gasteiger partial charge on any atom is -0.494 e.